The van der Waals surface area contributed by atoms with Gasteiger partial charge in [-0.25, -0.2) is 0 Å². The molecule has 0 aromatic rings. The molecule has 6 nitrogen and oxygen atoms in total. The molecule has 0 spiro atoms. The van der Waals surface area contributed by atoms with Crippen LogP contribution >= 0.6 is 0 Å². The van der Waals surface area contributed by atoms with Gasteiger partial charge >= 0.3 is 5.97 Å². The smallest absolute Gasteiger partial charge is 0.305 e. The second-order valence-electron chi connectivity index (χ2n) is 26.7. The van der Waals surface area contributed by atoms with Crippen molar-refractivity contribution in [2.75, 3.05) is 13.2 Å². The first-order chi connectivity index (χ1) is 42.0. The number of hydrogen-bond acceptors (Lipinski definition) is 5. The molecular weight excluding hydrogens is 1040 g/mol. The Morgan fingerprint density at radius 3 is 0.847 bits per heavy atom. The monoisotopic (exact) mass is 1190 g/mol. The summed E-state index contributed by atoms with van der Waals surface area (Å²) in [5.74, 6) is -0.0472. The van der Waals surface area contributed by atoms with Gasteiger partial charge in [-0.1, -0.05) is 371 Å². The zero-order chi connectivity index (χ0) is 61.3. The van der Waals surface area contributed by atoms with Crippen LogP contribution in [0.3, 0.4) is 0 Å². The second kappa shape index (κ2) is 74.5. The van der Waals surface area contributed by atoms with E-state index < -0.39 is 12.1 Å². The Morgan fingerprint density at radius 2 is 0.553 bits per heavy atom. The molecule has 0 aromatic heterocycles. The third kappa shape index (κ3) is 71.0. The molecule has 0 saturated heterocycles. The fraction of sp³-hybridized carbons (Fsp3) is 0.899. The van der Waals surface area contributed by atoms with Crippen molar-refractivity contribution in [1.82, 2.24) is 5.32 Å². The van der Waals surface area contributed by atoms with Crippen molar-refractivity contribution in [3.05, 3.63) is 36.5 Å². The number of rotatable bonds is 73. The minimum absolute atomic E-state index is 0.0134. The van der Waals surface area contributed by atoms with E-state index in [2.05, 4.69) is 43.5 Å². The summed E-state index contributed by atoms with van der Waals surface area (Å²) in [6.07, 6.45) is 97.0. The summed E-state index contributed by atoms with van der Waals surface area (Å²) in [6.45, 7) is 4.92. The molecule has 1 amide bonds. The van der Waals surface area contributed by atoms with Crippen LogP contribution in [-0.2, 0) is 14.3 Å². The molecule has 0 aromatic carbocycles. The summed E-state index contributed by atoms with van der Waals surface area (Å²) in [5.41, 5.74) is 0. The highest BCUT2D eigenvalue weighted by Crippen LogP contribution is 2.19. The molecule has 0 aliphatic heterocycles. The van der Waals surface area contributed by atoms with E-state index in [1.54, 1.807) is 6.08 Å². The molecule has 2 unspecified atom stereocenters. The van der Waals surface area contributed by atoms with E-state index in [0.29, 0.717) is 19.4 Å². The highest BCUT2D eigenvalue weighted by atomic mass is 16.5. The zero-order valence-electron chi connectivity index (χ0n) is 57.6. The fourth-order valence-corrected chi connectivity index (χ4v) is 12.2. The molecule has 0 aliphatic rings. The third-order valence-electron chi connectivity index (χ3n) is 18.1. The van der Waals surface area contributed by atoms with Gasteiger partial charge in [0, 0.05) is 12.8 Å². The summed E-state index contributed by atoms with van der Waals surface area (Å²) < 4.78 is 5.49. The van der Waals surface area contributed by atoms with Gasteiger partial charge in [0.05, 0.1) is 25.4 Å². The lowest BCUT2D eigenvalue weighted by Gasteiger charge is -2.20. The largest absolute Gasteiger partial charge is 0.466 e. The topological polar surface area (TPSA) is 95.9 Å². The molecule has 85 heavy (non-hydrogen) atoms. The molecule has 0 radical (unpaired) electrons. The van der Waals surface area contributed by atoms with E-state index in [9.17, 15) is 19.8 Å². The number of esters is 1. The Bertz CT molecular complexity index is 1380. The van der Waals surface area contributed by atoms with E-state index in [0.717, 1.165) is 44.9 Å². The lowest BCUT2D eigenvalue weighted by atomic mass is 10.0. The van der Waals surface area contributed by atoms with Crippen LogP contribution in [0.5, 0.6) is 0 Å². The average molecular weight is 1200 g/mol. The molecule has 3 N–H and O–H groups in total. The Kier molecular flexibility index (Phi) is 72.9. The summed E-state index contributed by atoms with van der Waals surface area (Å²) in [5, 5.41) is 23.2. The number of nitrogens with one attached hydrogen (secondary N) is 1. The Labute approximate surface area is 532 Å². The number of allylic oxidation sites excluding steroid dienone is 5. The van der Waals surface area contributed by atoms with E-state index in [4.69, 9.17) is 4.74 Å². The van der Waals surface area contributed by atoms with E-state index >= 15 is 0 Å². The number of aliphatic hydroxyl groups excluding tert-OH is 2. The van der Waals surface area contributed by atoms with Gasteiger partial charge in [0.2, 0.25) is 5.91 Å². The van der Waals surface area contributed by atoms with Crippen LogP contribution in [0, 0.1) is 0 Å². The predicted octanol–water partition coefficient (Wildman–Crippen LogP) is 25.4. The Balaban J connectivity index is 3.33. The minimum Gasteiger partial charge on any atom is -0.466 e. The first-order valence-electron chi connectivity index (χ1n) is 38.8. The summed E-state index contributed by atoms with van der Waals surface area (Å²) in [4.78, 5) is 24.6. The van der Waals surface area contributed by atoms with Gasteiger partial charge in [-0.2, -0.15) is 0 Å². The highest BCUT2D eigenvalue weighted by molar-refractivity contribution is 5.76. The fourth-order valence-electron chi connectivity index (χ4n) is 12.2. The van der Waals surface area contributed by atoms with Crippen molar-refractivity contribution >= 4 is 11.9 Å². The normalized spacial score (nSPS) is 12.7. The average Bonchev–Trinajstić information content (AvgIpc) is 3.51. The van der Waals surface area contributed by atoms with Crippen LogP contribution in [0.15, 0.2) is 36.5 Å². The van der Waals surface area contributed by atoms with Crippen molar-refractivity contribution in [3.8, 4) is 0 Å². The molecule has 0 heterocycles. The lowest BCUT2D eigenvalue weighted by Crippen LogP contribution is -2.45. The molecule has 2 atom stereocenters. The summed E-state index contributed by atoms with van der Waals surface area (Å²) >= 11 is 0. The Hall–Kier alpha value is -1.92. The van der Waals surface area contributed by atoms with Crippen molar-refractivity contribution in [1.29, 1.82) is 0 Å². The quantitative estimate of drug-likeness (QED) is 0.0320. The van der Waals surface area contributed by atoms with Crippen molar-refractivity contribution in [3.63, 3.8) is 0 Å². The van der Waals surface area contributed by atoms with Gasteiger partial charge in [-0.05, 0) is 83.5 Å². The number of unbranched alkanes of at least 4 members (excludes halogenated alkanes) is 58. The maximum absolute atomic E-state index is 12.5. The number of carbonyl (C=O) groups excluding carboxylic acids is 2. The van der Waals surface area contributed by atoms with Gasteiger partial charge in [0.1, 0.15) is 0 Å². The summed E-state index contributed by atoms with van der Waals surface area (Å²) in [6, 6.07) is -0.625. The van der Waals surface area contributed by atoms with E-state index in [1.165, 1.54) is 360 Å². The molecule has 0 saturated carbocycles. The number of amides is 1. The zero-order valence-corrected chi connectivity index (χ0v) is 57.6. The predicted molar refractivity (Wildman–Crippen MR) is 375 cm³/mol. The molecular formula is C79H151NO5. The second-order valence-corrected chi connectivity index (χ2v) is 26.7. The molecule has 502 valence electrons. The van der Waals surface area contributed by atoms with Gasteiger partial charge < -0.3 is 20.3 Å². The maximum atomic E-state index is 12.5. The molecule has 0 rings (SSSR count). The van der Waals surface area contributed by atoms with Crippen LogP contribution in [0.2, 0.25) is 0 Å². The van der Waals surface area contributed by atoms with Crippen LogP contribution in [0.1, 0.15) is 431 Å². The van der Waals surface area contributed by atoms with Gasteiger partial charge in [-0.3, -0.25) is 9.59 Å². The Morgan fingerprint density at radius 1 is 0.318 bits per heavy atom. The van der Waals surface area contributed by atoms with Gasteiger partial charge in [-0.15, -0.1) is 0 Å². The summed E-state index contributed by atoms with van der Waals surface area (Å²) in [7, 11) is 0. The van der Waals surface area contributed by atoms with E-state index in [-0.39, 0.29) is 18.5 Å². The lowest BCUT2D eigenvalue weighted by molar-refractivity contribution is -0.143. The highest BCUT2D eigenvalue weighted by Gasteiger charge is 2.18. The number of aliphatic hydroxyl groups is 2. The minimum atomic E-state index is -0.841. The number of carbonyl (C=O) groups is 2. The van der Waals surface area contributed by atoms with Gasteiger partial charge in [0.25, 0.3) is 0 Å². The van der Waals surface area contributed by atoms with Crippen LogP contribution in [0.25, 0.3) is 0 Å². The molecule has 0 bridgehead atoms. The SMILES string of the molecule is CCCCCC/C=C\CCCCCCCC(=O)OCCCCCCCCCCCCCCCCCCCC/C=C\CCCCCCCCCCCCCCCCCCCC(=O)NC(CO)C(O)/C=C/CCCCCCCCCCCCCCCC. The first kappa shape index (κ1) is 83.1. The number of hydrogen-bond donors (Lipinski definition) is 3. The van der Waals surface area contributed by atoms with Crippen LogP contribution in [0.4, 0.5) is 0 Å². The van der Waals surface area contributed by atoms with E-state index in [1.807, 2.05) is 6.08 Å². The van der Waals surface area contributed by atoms with Crippen LogP contribution in [-0.4, -0.2) is 47.4 Å². The van der Waals surface area contributed by atoms with Crippen molar-refractivity contribution < 1.29 is 24.5 Å². The molecule has 6 heteroatoms. The number of ether oxygens (including phenoxy) is 1. The molecule has 0 fully saturated rings. The third-order valence-corrected chi connectivity index (χ3v) is 18.1. The maximum Gasteiger partial charge on any atom is 0.305 e. The molecule has 0 aliphatic carbocycles. The van der Waals surface area contributed by atoms with Crippen molar-refractivity contribution in [2.24, 2.45) is 0 Å². The van der Waals surface area contributed by atoms with Gasteiger partial charge in [0.15, 0.2) is 0 Å². The van der Waals surface area contributed by atoms with Crippen LogP contribution < -0.4 is 5.32 Å². The standard InChI is InChI=1S/C79H151NO5/c1-3-5-7-9-11-13-15-17-18-44-48-51-55-59-63-67-71-77(82)76(75-81)80-78(83)72-68-64-60-56-52-49-45-42-40-38-36-34-32-30-28-26-24-22-20-19-21-23-25-27-29-31-33-35-37-39-41-43-46-50-54-58-62-66-70-74-85-79(84)73-69-65-61-57-53-47-16-14-12-10-8-6-4-2/h14,16,19-20,67,71,76-77,81-82H,3-13,15,17-18,21-66,68-70,72-75H2,1-2H3,(H,80,83)/b16-14-,20-19-,71-67+. The first-order valence-corrected chi connectivity index (χ1v) is 38.8. The van der Waals surface area contributed by atoms with Crippen molar-refractivity contribution in [2.45, 2.75) is 443 Å².